The van der Waals surface area contributed by atoms with Gasteiger partial charge >= 0.3 is 8.26 Å². The molecule has 86 valence electrons. The van der Waals surface area contributed by atoms with Crippen molar-refractivity contribution in [2.75, 3.05) is 0 Å². The second kappa shape index (κ2) is 5.66. The molecular formula is C6H6Cl2O5S2. The minimum atomic E-state index is -4.00. The van der Waals surface area contributed by atoms with Crippen molar-refractivity contribution >= 4 is 39.7 Å². The first-order chi connectivity index (χ1) is 6.61. The Morgan fingerprint density at radius 3 is 1.47 bits per heavy atom. The van der Waals surface area contributed by atoms with Crippen LogP contribution in [0.3, 0.4) is 0 Å². The predicted octanol–water partition coefficient (Wildman–Crippen LogP) is 1.64. The molecule has 5 nitrogen and oxygen atoms in total. The molecule has 0 atom stereocenters. The molecule has 0 aliphatic carbocycles. The molecule has 0 radical (unpaired) electrons. The van der Waals surface area contributed by atoms with E-state index in [2.05, 4.69) is 21.4 Å². The summed E-state index contributed by atoms with van der Waals surface area (Å²) in [5.41, 5.74) is 0. The zero-order chi connectivity index (χ0) is 12.1. The number of hydrogen-bond donors (Lipinski definition) is 1. The minimum Gasteiger partial charge on any atom is -0.282 e. The van der Waals surface area contributed by atoms with E-state index in [-0.39, 0.29) is 4.90 Å². The second-order valence-electron chi connectivity index (χ2n) is 2.17. The van der Waals surface area contributed by atoms with Crippen molar-refractivity contribution in [1.82, 2.24) is 0 Å². The van der Waals surface area contributed by atoms with Crippen LogP contribution in [-0.2, 0) is 18.4 Å². The molecule has 0 bridgehead atoms. The first-order valence-electron chi connectivity index (χ1n) is 3.27. The molecule has 9 heteroatoms. The molecule has 1 aromatic rings. The highest BCUT2D eigenvalue weighted by Crippen LogP contribution is 2.05. The highest BCUT2D eigenvalue weighted by atomic mass is 36.0. The summed E-state index contributed by atoms with van der Waals surface area (Å²) in [6.07, 6.45) is 0. The first kappa shape index (κ1) is 14.7. The van der Waals surface area contributed by atoms with E-state index in [0.717, 1.165) is 0 Å². The molecule has 1 aromatic carbocycles. The molecule has 0 aromatic heterocycles. The van der Waals surface area contributed by atoms with Crippen molar-refractivity contribution in [2.24, 2.45) is 0 Å². The van der Waals surface area contributed by atoms with Crippen LogP contribution in [0.2, 0.25) is 0 Å². The van der Waals surface area contributed by atoms with Crippen LogP contribution in [-0.4, -0.2) is 21.4 Å². The highest BCUT2D eigenvalue weighted by Gasteiger charge is 2.05. The van der Waals surface area contributed by atoms with Gasteiger partial charge < -0.3 is 0 Å². The molecule has 1 N–H and O–H groups in total. The van der Waals surface area contributed by atoms with Crippen LogP contribution >= 0.6 is 21.4 Å². The number of rotatable bonds is 1. The van der Waals surface area contributed by atoms with Crippen LogP contribution in [0.4, 0.5) is 0 Å². The van der Waals surface area contributed by atoms with Crippen molar-refractivity contribution in [3.05, 3.63) is 30.3 Å². The maximum atomic E-state index is 10.4. The Bertz CT molecular complexity index is 486. The zero-order valence-electron chi connectivity index (χ0n) is 7.04. The lowest BCUT2D eigenvalue weighted by atomic mass is 10.4. The molecular weight excluding hydrogens is 287 g/mol. The summed E-state index contributed by atoms with van der Waals surface area (Å²) in [6.45, 7) is 0. The van der Waals surface area contributed by atoms with Gasteiger partial charge in [-0.25, -0.2) is 0 Å². The van der Waals surface area contributed by atoms with Crippen LogP contribution in [0.5, 0.6) is 0 Å². The van der Waals surface area contributed by atoms with Gasteiger partial charge in [0.15, 0.2) is 0 Å². The Kier molecular flexibility index (Phi) is 5.54. The Morgan fingerprint density at radius 1 is 0.933 bits per heavy atom. The third-order valence-corrected chi connectivity index (χ3v) is 1.91. The lowest BCUT2D eigenvalue weighted by Crippen LogP contribution is -1.96. The van der Waals surface area contributed by atoms with Gasteiger partial charge in [0, 0.05) is 21.4 Å². The SMILES string of the molecule is O=S(=O)(Cl)Cl.O=S(=O)(O)c1ccccc1. The Hall–Kier alpha value is -0.340. The standard InChI is InChI=1S/C6H6O3S.Cl2O2S/c7-10(8,9)6-4-2-1-3-5-6;1-5(2,3)4/h1-5H,(H,7,8,9);. The van der Waals surface area contributed by atoms with Gasteiger partial charge in [0.05, 0.1) is 4.90 Å². The summed E-state index contributed by atoms with van der Waals surface area (Å²) in [5.74, 6) is 0. The molecule has 0 spiro atoms. The molecule has 1 rings (SSSR count). The molecule has 0 heterocycles. The third kappa shape index (κ3) is 9.95. The van der Waals surface area contributed by atoms with Crippen LogP contribution in [0, 0.1) is 0 Å². The Labute approximate surface area is 96.3 Å². The van der Waals surface area contributed by atoms with Crippen molar-refractivity contribution in [3.8, 4) is 0 Å². The van der Waals surface area contributed by atoms with E-state index in [1.54, 1.807) is 18.2 Å². The fourth-order valence-electron chi connectivity index (χ4n) is 0.592. The van der Waals surface area contributed by atoms with E-state index >= 15 is 0 Å². The van der Waals surface area contributed by atoms with Gasteiger partial charge in [-0.05, 0) is 12.1 Å². The van der Waals surface area contributed by atoms with Crippen LogP contribution in [0.25, 0.3) is 0 Å². The van der Waals surface area contributed by atoms with E-state index in [1.807, 2.05) is 0 Å². The molecule has 0 amide bonds. The molecule has 0 saturated heterocycles. The van der Waals surface area contributed by atoms with Gasteiger partial charge in [0.25, 0.3) is 10.1 Å². The molecule has 0 unspecified atom stereocenters. The van der Waals surface area contributed by atoms with Gasteiger partial charge in [0.2, 0.25) is 0 Å². The molecule has 0 saturated carbocycles. The zero-order valence-corrected chi connectivity index (χ0v) is 10.2. The smallest absolute Gasteiger partial charge is 0.282 e. The number of halogens is 2. The summed E-state index contributed by atoms with van der Waals surface area (Å²) in [5, 5.41) is 0. The highest BCUT2D eigenvalue weighted by molar-refractivity contribution is 8.31. The van der Waals surface area contributed by atoms with E-state index in [1.165, 1.54) is 12.1 Å². The largest absolute Gasteiger partial charge is 0.317 e. The fourth-order valence-corrected chi connectivity index (χ4v) is 1.09. The molecule has 0 aliphatic rings. The topological polar surface area (TPSA) is 88.5 Å². The average molecular weight is 293 g/mol. The van der Waals surface area contributed by atoms with Gasteiger partial charge in [-0.2, -0.15) is 16.8 Å². The van der Waals surface area contributed by atoms with Crippen LogP contribution < -0.4 is 0 Å². The Morgan fingerprint density at radius 2 is 1.27 bits per heavy atom. The normalized spacial score (nSPS) is 11.4. The first-order valence-corrected chi connectivity index (χ1v) is 7.85. The van der Waals surface area contributed by atoms with Crippen molar-refractivity contribution in [1.29, 1.82) is 0 Å². The quantitative estimate of drug-likeness (QED) is 0.628. The summed E-state index contributed by atoms with van der Waals surface area (Å²) in [6, 6.07) is 7.42. The van der Waals surface area contributed by atoms with Gasteiger partial charge in [0.1, 0.15) is 0 Å². The van der Waals surface area contributed by atoms with E-state index in [4.69, 9.17) is 13.0 Å². The monoisotopic (exact) mass is 292 g/mol. The molecule has 0 fully saturated rings. The van der Waals surface area contributed by atoms with Gasteiger partial charge in [-0.3, -0.25) is 4.55 Å². The van der Waals surface area contributed by atoms with Crippen molar-refractivity contribution in [3.63, 3.8) is 0 Å². The molecule has 0 aliphatic heterocycles. The summed E-state index contributed by atoms with van der Waals surface area (Å²) < 4.78 is 47.6. The summed E-state index contributed by atoms with van der Waals surface area (Å²) in [7, 11) is 0.810. The number of benzene rings is 1. The maximum Gasteiger partial charge on any atom is 0.317 e. The minimum absolute atomic E-state index is 0.0741. The fraction of sp³-hybridized carbons (Fsp3) is 0. The third-order valence-electron chi connectivity index (χ3n) is 1.04. The average Bonchev–Trinajstić information content (AvgIpc) is 2.01. The Balaban J connectivity index is 0.000000336. The van der Waals surface area contributed by atoms with Gasteiger partial charge in [-0.1, -0.05) is 18.2 Å². The lowest BCUT2D eigenvalue weighted by molar-refractivity contribution is 0.483. The van der Waals surface area contributed by atoms with E-state index in [9.17, 15) is 8.42 Å². The van der Waals surface area contributed by atoms with Crippen molar-refractivity contribution < 1.29 is 21.4 Å². The predicted molar refractivity (Wildman–Crippen MR) is 56.9 cm³/mol. The molecule has 15 heavy (non-hydrogen) atoms. The van der Waals surface area contributed by atoms with E-state index < -0.39 is 18.4 Å². The van der Waals surface area contributed by atoms with Gasteiger partial charge in [-0.15, -0.1) is 0 Å². The summed E-state index contributed by atoms with van der Waals surface area (Å²) in [4.78, 5) is -0.0741. The summed E-state index contributed by atoms with van der Waals surface area (Å²) >= 11 is 0. The van der Waals surface area contributed by atoms with Crippen molar-refractivity contribution in [2.45, 2.75) is 4.90 Å². The lowest BCUT2D eigenvalue weighted by Gasteiger charge is -1.92. The van der Waals surface area contributed by atoms with Crippen LogP contribution in [0.1, 0.15) is 0 Å². The van der Waals surface area contributed by atoms with E-state index in [0.29, 0.717) is 0 Å². The second-order valence-corrected chi connectivity index (χ2v) is 7.26. The number of hydrogen-bond acceptors (Lipinski definition) is 4. The van der Waals surface area contributed by atoms with Crippen LogP contribution in [0.15, 0.2) is 35.2 Å². The maximum absolute atomic E-state index is 10.4.